The molecule has 1 saturated heterocycles. The van der Waals surface area contributed by atoms with Gasteiger partial charge in [-0.2, -0.15) is 0 Å². The minimum atomic E-state index is -2.64. The number of carbonyl (C=O) groups is 1. The van der Waals surface area contributed by atoms with Crippen LogP contribution in [0.3, 0.4) is 0 Å². The third-order valence-corrected chi connectivity index (χ3v) is 10.5. The molecule has 0 amide bonds. The summed E-state index contributed by atoms with van der Waals surface area (Å²) in [5, 5.41) is 2.35. The first-order chi connectivity index (χ1) is 13.7. The fraction of sp³-hybridized carbons (Fsp3) is 0.458. The predicted molar refractivity (Wildman–Crippen MR) is 118 cm³/mol. The molecule has 0 radical (unpaired) electrons. The molecular weight excluding hydrogens is 380 g/mol. The van der Waals surface area contributed by atoms with Crippen LogP contribution in [0.5, 0.6) is 0 Å². The Morgan fingerprint density at radius 3 is 1.86 bits per heavy atom. The number of carbonyl (C=O) groups excluding carboxylic acids is 1. The van der Waals surface area contributed by atoms with Crippen LogP contribution < -0.4 is 10.4 Å². The van der Waals surface area contributed by atoms with E-state index in [1.54, 1.807) is 0 Å². The number of aldehydes is 1. The van der Waals surface area contributed by atoms with Crippen LogP contribution in [0.2, 0.25) is 5.04 Å². The lowest BCUT2D eigenvalue weighted by Gasteiger charge is -2.43. The molecule has 1 fully saturated rings. The third-order valence-electron chi connectivity index (χ3n) is 5.49. The van der Waals surface area contributed by atoms with Gasteiger partial charge in [-0.05, 0) is 29.3 Å². The smallest absolute Gasteiger partial charge is 0.261 e. The molecule has 0 aliphatic carbocycles. The van der Waals surface area contributed by atoms with Crippen molar-refractivity contribution in [1.29, 1.82) is 0 Å². The lowest BCUT2D eigenvalue weighted by Crippen LogP contribution is -2.67. The van der Waals surface area contributed by atoms with Gasteiger partial charge in [0.25, 0.3) is 8.32 Å². The van der Waals surface area contributed by atoms with E-state index in [2.05, 4.69) is 69.3 Å². The second-order valence-electron chi connectivity index (χ2n) is 9.09. The van der Waals surface area contributed by atoms with Gasteiger partial charge >= 0.3 is 0 Å². The molecule has 156 valence electrons. The molecule has 5 heteroatoms. The maximum atomic E-state index is 11.2. The largest absolute Gasteiger partial charge is 0.405 e. The van der Waals surface area contributed by atoms with Crippen molar-refractivity contribution < 1.29 is 18.7 Å². The molecule has 2 aromatic rings. The van der Waals surface area contributed by atoms with Crippen LogP contribution in [-0.4, -0.2) is 39.2 Å². The van der Waals surface area contributed by atoms with Crippen LogP contribution in [0.15, 0.2) is 60.7 Å². The lowest BCUT2D eigenvalue weighted by atomic mass is 10.2. The van der Waals surface area contributed by atoms with Crippen molar-refractivity contribution in [3.8, 4) is 0 Å². The molecule has 1 heterocycles. The highest BCUT2D eigenvalue weighted by molar-refractivity contribution is 6.99. The number of hydrogen-bond acceptors (Lipinski definition) is 4. The number of hydrogen-bond donors (Lipinski definition) is 0. The Bertz CT molecular complexity index is 759. The van der Waals surface area contributed by atoms with Crippen LogP contribution >= 0.6 is 0 Å². The second-order valence-corrected chi connectivity index (χ2v) is 13.4. The first-order valence-electron chi connectivity index (χ1n) is 10.2. The fourth-order valence-electron chi connectivity index (χ4n) is 4.31. The molecule has 0 bridgehead atoms. The van der Waals surface area contributed by atoms with E-state index < -0.39 is 14.1 Å². The van der Waals surface area contributed by atoms with Crippen molar-refractivity contribution in [2.75, 3.05) is 6.61 Å². The van der Waals surface area contributed by atoms with Crippen LogP contribution in [-0.2, 0) is 18.7 Å². The molecule has 29 heavy (non-hydrogen) atoms. The highest BCUT2D eigenvalue weighted by Gasteiger charge is 2.51. The summed E-state index contributed by atoms with van der Waals surface area (Å²) in [4.78, 5) is 11.2. The molecule has 3 rings (SSSR count). The van der Waals surface area contributed by atoms with E-state index >= 15 is 0 Å². The molecule has 0 spiro atoms. The zero-order chi connectivity index (χ0) is 21.1. The quantitative estimate of drug-likeness (QED) is 0.514. The van der Waals surface area contributed by atoms with E-state index in [1.165, 1.54) is 10.4 Å². The average molecular weight is 413 g/mol. The van der Waals surface area contributed by atoms with Crippen LogP contribution in [0, 0.1) is 0 Å². The zero-order valence-corrected chi connectivity index (χ0v) is 19.1. The Morgan fingerprint density at radius 2 is 1.41 bits per heavy atom. The fourth-order valence-corrected chi connectivity index (χ4v) is 8.88. The summed E-state index contributed by atoms with van der Waals surface area (Å²) in [5.74, 6) is -0.715. The number of rotatable bonds is 7. The third kappa shape index (κ3) is 4.53. The van der Waals surface area contributed by atoms with Gasteiger partial charge in [-0.15, -0.1) is 0 Å². The predicted octanol–water partition coefficient (Wildman–Crippen LogP) is 3.67. The SMILES string of the molecule is CC1(C)O[C@H](CC=O)[C@@H](CO[Si](c2ccccc2)(c2ccccc2)C(C)(C)C)O1. The first-order valence-corrected chi connectivity index (χ1v) is 12.1. The first kappa shape index (κ1) is 21.9. The van der Waals surface area contributed by atoms with Crippen LogP contribution in [0.4, 0.5) is 0 Å². The molecule has 0 unspecified atom stereocenters. The van der Waals surface area contributed by atoms with Gasteiger partial charge in [-0.25, -0.2) is 0 Å². The van der Waals surface area contributed by atoms with Gasteiger partial charge in [0.05, 0.1) is 12.7 Å². The van der Waals surface area contributed by atoms with Crippen molar-refractivity contribution in [3.63, 3.8) is 0 Å². The van der Waals surface area contributed by atoms with E-state index in [1.807, 2.05) is 26.0 Å². The number of ether oxygens (including phenoxy) is 2. The van der Waals surface area contributed by atoms with E-state index in [4.69, 9.17) is 13.9 Å². The van der Waals surface area contributed by atoms with Crippen LogP contribution in [0.25, 0.3) is 0 Å². The minimum Gasteiger partial charge on any atom is -0.405 e. The minimum absolute atomic E-state index is 0.106. The summed E-state index contributed by atoms with van der Waals surface area (Å²) >= 11 is 0. The summed E-state index contributed by atoms with van der Waals surface area (Å²) in [6.07, 6.45) is 0.626. The molecule has 0 aromatic heterocycles. The monoisotopic (exact) mass is 412 g/mol. The van der Waals surface area contributed by atoms with Crippen molar-refractivity contribution >= 4 is 25.0 Å². The average Bonchev–Trinajstić information content (AvgIpc) is 2.97. The summed E-state index contributed by atoms with van der Waals surface area (Å²) in [6.45, 7) is 10.9. The van der Waals surface area contributed by atoms with E-state index in [9.17, 15) is 4.79 Å². The van der Waals surface area contributed by atoms with Crippen molar-refractivity contribution in [3.05, 3.63) is 60.7 Å². The summed E-state index contributed by atoms with van der Waals surface area (Å²) in [7, 11) is -2.64. The van der Waals surface area contributed by atoms with Crippen molar-refractivity contribution in [2.24, 2.45) is 0 Å². The van der Waals surface area contributed by atoms with E-state index in [0.717, 1.165) is 6.29 Å². The molecule has 4 nitrogen and oxygen atoms in total. The Labute approximate surface area is 175 Å². The number of benzene rings is 2. The summed E-state index contributed by atoms with van der Waals surface area (Å²) in [6, 6.07) is 21.0. The maximum Gasteiger partial charge on any atom is 0.261 e. The summed E-state index contributed by atoms with van der Waals surface area (Å²) < 4.78 is 19.0. The van der Waals surface area contributed by atoms with Gasteiger partial charge in [0.2, 0.25) is 0 Å². The van der Waals surface area contributed by atoms with Gasteiger partial charge in [-0.1, -0.05) is 81.4 Å². The molecule has 2 atom stereocenters. The Morgan fingerprint density at radius 1 is 0.931 bits per heavy atom. The molecule has 0 N–H and O–H groups in total. The van der Waals surface area contributed by atoms with Crippen molar-refractivity contribution in [2.45, 2.75) is 64.1 Å². The lowest BCUT2D eigenvalue weighted by molar-refractivity contribution is -0.149. The Balaban J connectivity index is 2.01. The maximum absolute atomic E-state index is 11.2. The highest BCUT2D eigenvalue weighted by Crippen LogP contribution is 2.38. The molecule has 0 saturated carbocycles. The van der Waals surface area contributed by atoms with Gasteiger partial charge in [0.15, 0.2) is 5.79 Å². The molecule has 1 aliphatic rings. The second kappa shape index (κ2) is 8.52. The molecular formula is C24H32O4Si. The highest BCUT2D eigenvalue weighted by atomic mass is 28.4. The van der Waals surface area contributed by atoms with Gasteiger partial charge in [0.1, 0.15) is 12.4 Å². The Kier molecular flexibility index (Phi) is 6.44. The normalized spacial score (nSPS) is 21.8. The Hall–Kier alpha value is -1.79. The van der Waals surface area contributed by atoms with E-state index in [-0.39, 0.29) is 17.2 Å². The topological polar surface area (TPSA) is 44.8 Å². The van der Waals surface area contributed by atoms with Crippen molar-refractivity contribution in [1.82, 2.24) is 0 Å². The molecule has 2 aromatic carbocycles. The van der Waals surface area contributed by atoms with Gasteiger partial charge in [-0.3, -0.25) is 0 Å². The van der Waals surface area contributed by atoms with Gasteiger partial charge in [0, 0.05) is 6.42 Å². The zero-order valence-electron chi connectivity index (χ0n) is 18.1. The van der Waals surface area contributed by atoms with Crippen LogP contribution in [0.1, 0.15) is 41.0 Å². The standard InChI is InChI=1S/C24H32O4Si/c1-23(2,3)29(19-12-8-6-9-13-19,20-14-10-7-11-15-20)26-18-22-21(16-17-25)27-24(4,5)28-22/h6-15,17,21-22H,16,18H2,1-5H3/t21-,22-/m1/s1. The van der Waals surface area contributed by atoms with E-state index in [0.29, 0.717) is 13.0 Å². The van der Waals surface area contributed by atoms with Gasteiger partial charge < -0.3 is 18.7 Å². The summed E-state index contributed by atoms with van der Waals surface area (Å²) in [5.41, 5.74) is 0. The molecule has 1 aliphatic heterocycles.